The van der Waals surface area contributed by atoms with Crippen LogP contribution >= 0.6 is 0 Å². The van der Waals surface area contributed by atoms with Gasteiger partial charge in [-0.15, -0.1) is 0 Å². The van der Waals surface area contributed by atoms with E-state index in [9.17, 15) is 14.4 Å². The Kier molecular flexibility index (Phi) is 5.56. The number of anilines is 2. The number of piperidine rings is 1. The molecule has 2 fully saturated rings. The minimum absolute atomic E-state index is 0.0714. The number of rotatable bonds is 6. The maximum absolute atomic E-state index is 13.1. The number of carbonyl (C=O) groups is 1. The van der Waals surface area contributed by atoms with E-state index in [2.05, 4.69) is 30.5 Å². The van der Waals surface area contributed by atoms with Gasteiger partial charge in [-0.1, -0.05) is 0 Å². The van der Waals surface area contributed by atoms with Gasteiger partial charge in [0.25, 0.3) is 11.5 Å². The molecule has 2 N–H and O–H groups in total. The molecule has 38 heavy (non-hydrogen) atoms. The number of piperazine rings is 1. The Bertz CT molecular complexity index is 1650. The van der Waals surface area contributed by atoms with Crippen LogP contribution in [-0.2, 0) is 18.9 Å². The van der Waals surface area contributed by atoms with Gasteiger partial charge in [0, 0.05) is 63.4 Å². The van der Waals surface area contributed by atoms with E-state index < -0.39 is 23.2 Å². The number of aromatic nitrogens is 6. The van der Waals surface area contributed by atoms with Gasteiger partial charge in [0.1, 0.15) is 11.6 Å². The molecule has 14 nitrogen and oxygen atoms in total. The van der Waals surface area contributed by atoms with Crippen molar-refractivity contribution >= 4 is 28.9 Å². The van der Waals surface area contributed by atoms with E-state index in [1.165, 1.54) is 23.3 Å². The molecule has 2 saturated heterocycles. The zero-order valence-electron chi connectivity index (χ0n) is 21.3. The van der Waals surface area contributed by atoms with Crippen LogP contribution in [0.15, 0.2) is 38.7 Å². The number of ether oxygens (including phenoxy) is 1. The van der Waals surface area contributed by atoms with Gasteiger partial charge in [-0.25, -0.2) is 14.8 Å². The quantitative estimate of drug-likeness (QED) is 0.361. The minimum atomic E-state index is -0.813. The van der Waals surface area contributed by atoms with Crippen molar-refractivity contribution in [3.63, 3.8) is 0 Å². The molecule has 2 aliphatic rings. The zero-order chi connectivity index (χ0) is 26.7. The topological polar surface area (TPSA) is 154 Å². The van der Waals surface area contributed by atoms with Crippen molar-refractivity contribution in [2.75, 3.05) is 30.4 Å². The van der Waals surface area contributed by atoms with Crippen LogP contribution in [0.4, 0.5) is 12.0 Å². The number of fused-ring (bicyclic) bond motifs is 3. The number of oxazole rings is 1. The van der Waals surface area contributed by atoms with E-state index in [0.717, 1.165) is 24.1 Å². The maximum Gasteiger partial charge on any atom is 0.331 e. The fraction of sp³-hybridized carbons (Fsp3) is 0.417. The van der Waals surface area contributed by atoms with Crippen molar-refractivity contribution in [2.24, 2.45) is 14.1 Å². The first-order valence-corrected chi connectivity index (χ1v) is 12.2. The highest BCUT2D eigenvalue weighted by molar-refractivity contribution is 5.93. The zero-order valence-corrected chi connectivity index (χ0v) is 21.3. The number of hydrogen-bond acceptors (Lipinski definition) is 10. The number of nitrogens with one attached hydrogen (secondary N) is 2. The minimum Gasteiger partial charge on any atom is -0.467 e. The third kappa shape index (κ3) is 3.59. The summed E-state index contributed by atoms with van der Waals surface area (Å²) in [7, 11) is 4.41. The lowest BCUT2D eigenvalue weighted by Crippen LogP contribution is -2.68. The first kappa shape index (κ1) is 23.9. The van der Waals surface area contributed by atoms with Crippen LogP contribution in [0.5, 0.6) is 5.95 Å². The highest BCUT2D eigenvalue weighted by atomic mass is 16.6. The number of amides is 1. The fourth-order valence-corrected chi connectivity index (χ4v) is 5.23. The highest BCUT2D eigenvalue weighted by Gasteiger charge is 2.42. The van der Waals surface area contributed by atoms with Crippen LogP contribution in [0.25, 0.3) is 22.3 Å². The fourth-order valence-electron chi connectivity index (χ4n) is 5.23. The monoisotopic (exact) mass is 521 g/mol. The van der Waals surface area contributed by atoms with Gasteiger partial charge in [0.2, 0.25) is 5.95 Å². The molecule has 4 aromatic rings. The van der Waals surface area contributed by atoms with Crippen LogP contribution < -0.4 is 31.5 Å². The van der Waals surface area contributed by atoms with Gasteiger partial charge in [0.15, 0.2) is 5.69 Å². The van der Waals surface area contributed by atoms with Gasteiger partial charge in [-0.3, -0.25) is 24.0 Å². The van der Waals surface area contributed by atoms with Crippen LogP contribution in [0.2, 0.25) is 0 Å². The molecule has 14 heteroatoms. The lowest BCUT2D eigenvalue weighted by Gasteiger charge is -2.52. The standard InChI is InChI=1S/C24H27N9O5/c1-12(32-6-5-16-18(32)20(35)31(3)24(36)30(16)2)19(34)29-23-28-17(21(37-4)38-23)13-8-26-22(27-9-13)33-14-7-15(33)11-25-10-14/h5-6,8-9,12,14-15,25H,7,10-11H2,1-4H3,(H,28,29,34)/t12-,14?,15?/m0/s1. The van der Waals surface area contributed by atoms with Crippen molar-refractivity contribution in [3.05, 3.63) is 45.5 Å². The SMILES string of the molecule is COc1oc(NC(=O)[C@H](C)n2ccc3c2c(=O)n(C)c(=O)n3C)nc1-c1cnc(N2C3CNCC2C3)nc1. The summed E-state index contributed by atoms with van der Waals surface area (Å²) in [5.74, 6) is 0.298. The van der Waals surface area contributed by atoms with E-state index in [-0.39, 0.29) is 17.5 Å². The van der Waals surface area contributed by atoms with Gasteiger partial charge < -0.3 is 23.9 Å². The van der Waals surface area contributed by atoms with Crippen molar-refractivity contribution in [3.8, 4) is 17.2 Å². The Labute approximate surface area is 215 Å². The second-order valence-electron chi connectivity index (χ2n) is 9.57. The summed E-state index contributed by atoms with van der Waals surface area (Å²) in [6, 6.07) is 1.56. The Morgan fingerprint density at radius 2 is 1.89 bits per heavy atom. The van der Waals surface area contributed by atoms with Crippen molar-refractivity contribution < 1.29 is 13.9 Å². The predicted octanol–water partition coefficient (Wildman–Crippen LogP) is 0.243. The van der Waals surface area contributed by atoms with Gasteiger partial charge >= 0.3 is 17.7 Å². The predicted molar refractivity (Wildman–Crippen MR) is 137 cm³/mol. The average molecular weight is 522 g/mol. The molecule has 0 aromatic carbocycles. The molecule has 0 spiro atoms. The Balaban J connectivity index is 1.24. The van der Waals surface area contributed by atoms with Crippen LogP contribution in [-0.4, -0.2) is 66.8 Å². The molecule has 2 aliphatic heterocycles. The number of carbonyl (C=O) groups excluding carboxylic acids is 1. The first-order chi connectivity index (χ1) is 18.3. The molecular weight excluding hydrogens is 494 g/mol. The molecule has 198 valence electrons. The normalized spacial score (nSPS) is 19.3. The summed E-state index contributed by atoms with van der Waals surface area (Å²) < 4.78 is 14.9. The molecular formula is C24H27N9O5. The van der Waals surface area contributed by atoms with Crippen LogP contribution in [0.3, 0.4) is 0 Å². The maximum atomic E-state index is 13.1. The lowest BCUT2D eigenvalue weighted by atomic mass is 9.89. The Hall–Kier alpha value is -4.46. The summed E-state index contributed by atoms with van der Waals surface area (Å²) in [5.41, 5.74) is 0.657. The molecule has 3 atom stereocenters. The summed E-state index contributed by atoms with van der Waals surface area (Å²) >= 11 is 0. The molecule has 0 radical (unpaired) electrons. The number of aryl methyl sites for hydroxylation is 1. The van der Waals surface area contributed by atoms with Crippen LogP contribution in [0, 0.1) is 0 Å². The smallest absolute Gasteiger partial charge is 0.331 e. The molecule has 0 aliphatic carbocycles. The molecule has 2 bridgehead atoms. The van der Waals surface area contributed by atoms with Gasteiger partial charge in [-0.05, 0) is 19.4 Å². The summed E-state index contributed by atoms with van der Waals surface area (Å²) in [6.45, 7) is 3.48. The second-order valence-corrected chi connectivity index (χ2v) is 9.57. The molecule has 2 unspecified atom stereocenters. The average Bonchev–Trinajstić information content (AvgIpc) is 3.56. The summed E-state index contributed by atoms with van der Waals surface area (Å²) in [4.78, 5) is 53.8. The molecule has 6 rings (SSSR count). The largest absolute Gasteiger partial charge is 0.467 e. The van der Waals surface area contributed by atoms with E-state index >= 15 is 0 Å². The molecule has 0 saturated carbocycles. The third-order valence-corrected chi connectivity index (χ3v) is 7.38. The van der Waals surface area contributed by atoms with E-state index in [0.29, 0.717) is 34.8 Å². The first-order valence-electron chi connectivity index (χ1n) is 12.2. The van der Waals surface area contributed by atoms with Crippen molar-refractivity contribution in [1.29, 1.82) is 0 Å². The van der Waals surface area contributed by atoms with Crippen molar-refractivity contribution in [1.82, 2.24) is 34.0 Å². The summed E-state index contributed by atoms with van der Waals surface area (Å²) in [6.07, 6.45) is 6.05. The number of hydrogen-bond donors (Lipinski definition) is 2. The number of methoxy groups -OCH3 is 1. The lowest BCUT2D eigenvalue weighted by molar-refractivity contribution is -0.118. The van der Waals surface area contributed by atoms with Crippen molar-refractivity contribution in [2.45, 2.75) is 31.5 Å². The number of nitrogens with zero attached hydrogens (tertiary/aromatic N) is 7. The van der Waals surface area contributed by atoms with Gasteiger partial charge in [0.05, 0.1) is 12.6 Å². The molecule has 4 aromatic heterocycles. The second kappa shape index (κ2) is 8.83. The molecule has 1 amide bonds. The van der Waals surface area contributed by atoms with E-state index in [1.54, 1.807) is 38.6 Å². The summed E-state index contributed by atoms with van der Waals surface area (Å²) in [5, 5.41) is 6.03. The Morgan fingerprint density at radius 1 is 1.18 bits per heavy atom. The molecule has 6 heterocycles. The Morgan fingerprint density at radius 3 is 2.55 bits per heavy atom. The van der Waals surface area contributed by atoms with Gasteiger partial charge in [-0.2, -0.15) is 4.98 Å². The van der Waals surface area contributed by atoms with Crippen LogP contribution in [0.1, 0.15) is 19.4 Å². The third-order valence-electron chi connectivity index (χ3n) is 7.38. The van der Waals surface area contributed by atoms with E-state index in [1.807, 2.05) is 0 Å². The highest BCUT2D eigenvalue weighted by Crippen LogP contribution is 2.35. The van der Waals surface area contributed by atoms with E-state index in [4.69, 9.17) is 9.15 Å².